The van der Waals surface area contributed by atoms with Crippen LogP contribution in [0.1, 0.15) is 11.4 Å². The molecule has 0 aliphatic rings. The monoisotopic (exact) mass is 235 g/mol. The third-order valence-electron chi connectivity index (χ3n) is 2.33. The van der Waals surface area contributed by atoms with E-state index in [2.05, 4.69) is 14.9 Å². The summed E-state index contributed by atoms with van der Waals surface area (Å²) in [5, 5.41) is 7.38. The molecule has 6 heteroatoms. The van der Waals surface area contributed by atoms with Crippen molar-refractivity contribution in [2.45, 2.75) is 13.5 Å². The number of rotatable bonds is 4. The van der Waals surface area contributed by atoms with E-state index in [0.717, 1.165) is 0 Å². The first-order chi connectivity index (χ1) is 8.20. The molecule has 0 saturated heterocycles. The fourth-order valence-corrected chi connectivity index (χ4v) is 1.29. The molecule has 90 valence electrons. The van der Waals surface area contributed by atoms with E-state index in [0.29, 0.717) is 28.6 Å². The minimum atomic E-state index is 0.257. The highest BCUT2D eigenvalue weighted by atomic mass is 16.6. The van der Waals surface area contributed by atoms with Gasteiger partial charge in [-0.05, 0) is 19.1 Å². The zero-order chi connectivity index (χ0) is 12.3. The smallest absolute Gasteiger partial charge is 0.146 e. The summed E-state index contributed by atoms with van der Waals surface area (Å²) >= 11 is 0. The topological polar surface area (TPSA) is 83.4 Å². The maximum absolute atomic E-state index is 5.78. The van der Waals surface area contributed by atoms with Crippen molar-refractivity contribution in [3.8, 4) is 11.5 Å². The summed E-state index contributed by atoms with van der Waals surface area (Å²) in [4.78, 5) is 0. The molecule has 2 aromatic rings. The van der Waals surface area contributed by atoms with Gasteiger partial charge in [-0.25, -0.2) is 4.63 Å². The molecule has 0 saturated carbocycles. The molecule has 0 bridgehead atoms. The number of nitrogens with zero attached hydrogens (tertiary/aromatic N) is 2. The lowest BCUT2D eigenvalue weighted by Gasteiger charge is -2.09. The predicted octanol–water partition coefficient (Wildman–Crippen LogP) is 1.55. The quantitative estimate of drug-likeness (QED) is 0.809. The molecule has 1 aromatic carbocycles. The summed E-state index contributed by atoms with van der Waals surface area (Å²) in [5.74, 6) is 1.23. The molecule has 2 rings (SSSR count). The van der Waals surface area contributed by atoms with Crippen LogP contribution in [0.15, 0.2) is 22.8 Å². The van der Waals surface area contributed by atoms with Crippen molar-refractivity contribution in [3.63, 3.8) is 0 Å². The normalized spacial score (nSPS) is 10.2. The van der Waals surface area contributed by atoms with Gasteiger partial charge >= 0.3 is 0 Å². The molecule has 6 nitrogen and oxygen atoms in total. The lowest BCUT2D eigenvalue weighted by atomic mass is 10.3. The van der Waals surface area contributed by atoms with Crippen molar-refractivity contribution in [3.05, 3.63) is 29.6 Å². The van der Waals surface area contributed by atoms with Gasteiger partial charge in [0.25, 0.3) is 0 Å². The van der Waals surface area contributed by atoms with Crippen molar-refractivity contribution in [1.29, 1.82) is 0 Å². The van der Waals surface area contributed by atoms with Gasteiger partial charge in [0.15, 0.2) is 0 Å². The van der Waals surface area contributed by atoms with Gasteiger partial charge in [-0.1, -0.05) is 10.3 Å². The fourth-order valence-electron chi connectivity index (χ4n) is 1.29. The highest BCUT2D eigenvalue weighted by Crippen LogP contribution is 2.27. The number of ether oxygens (including phenoxy) is 2. The van der Waals surface area contributed by atoms with Crippen LogP contribution >= 0.6 is 0 Å². The Morgan fingerprint density at radius 2 is 2.18 bits per heavy atom. The van der Waals surface area contributed by atoms with Crippen LogP contribution in [-0.4, -0.2) is 17.4 Å². The van der Waals surface area contributed by atoms with Gasteiger partial charge < -0.3 is 15.2 Å². The maximum Gasteiger partial charge on any atom is 0.146 e. The van der Waals surface area contributed by atoms with Crippen LogP contribution in [0.4, 0.5) is 5.69 Å². The van der Waals surface area contributed by atoms with Crippen molar-refractivity contribution < 1.29 is 14.1 Å². The van der Waals surface area contributed by atoms with Gasteiger partial charge in [0, 0.05) is 6.07 Å². The molecule has 0 aliphatic heterocycles. The molecule has 0 unspecified atom stereocenters. The molecular weight excluding hydrogens is 222 g/mol. The van der Waals surface area contributed by atoms with Gasteiger partial charge in [-0.2, -0.15) is 0 Å². The summed E-state index contributed by atoms with van der Waals surface area (Å²) in [5.41, 5.74) is 7.67. The van der Waals surface area contributed by atoms with Crippen LogP contribution in [0.5, 0.6) is 11.5 Å². The Hall–Kier alpha value is -2.24. The van der Waals surface area contributed by atoms with E-state index in [4.69, 9.17) is 15.2 Å². The number of benzene rings is 1. The van der Waals surface area contributed by atoms with Crippen molar-refractivity contribution in [1.82, 2.24) is 10.3 Å². The first-order valence-corrected chi connectivity index (χ1v) is 5.05. The molecule has 0 spiro atoms. The second-order valence-electron chi connectivity index (χ2n) is 3.49. The second-order valence-corrected chi connectivity index (χ2v) is 3.49. The van der Waals surface area contributed by atoms with Gasteiger partial charge in [0.1, 0.15) is 29.5 Å². The first kappa shape index (κ1) is 11.3. The van der Waals surface area contributed by atoms with Crippen molar-refractivity contribution in [2.24, 2.45) is 0 Å². The summed E-state index contributed by atoms with van der Waals surface area (Å²) < 4.78 is 15.2. The summed E-state index contributed by atoms with van der Waals surface area (Å²) in [7, 11) is 1.58. The number of nitrogens with two attached hydrogens (primary N) is 1. The van der Waals surface area contributed by atoms with Gasteiger partial charge in [-0.15, -0.1) is 0 Å². The zero-order valence-corrected chi connectivity index (χ0v) is 9.64. The molecule has 1 aromatic heterocycles. The number of nitrogen functional groups attached to an aromatic ring is 1. The van der Waals surface area contributed by atoms with Crippen LogP contribution in [0.25, 0.3) is 0 Å². The number of aromatic nitrogens is 2. The van der Waals surface area contributed by atoms with Gasteiger partial charge in [0.2, 0.25) is 0 Å². The predicted molar refractivity (Wildman–Crippen MR) is 60.8 cm³/mol. The fraction of sp³-hybridized carbons (Fsp3) is 0.273. The molecule has 0 radical (unpaired) electrons. The van der Waals surface area contributed by atoms with Gasteiger partial charge in [-0.3, -0.25) is 0 Å². The summed E-state index contributed by atoms with van der Waals surface area (Å²) in [6.07, 6.45) is 0. The molecule has 0 atom stereocenters. The van der Waals surface area contributed by atoms with E-state index in [9.17, 15) is 0 Å². The standard InChI is InChI=1S/C11H13N3O3/c1-7-10(14-17-13-7)6-16-11-5-8(15-2)3-4-9(11)12/h3-5H,6,12H2,1-2H3. The molecule has 0 fully saturated rings. The van der Waals surface area contributed by atoms with Crippen LogP contribution in [0.3, 0.4) is 0 Å². The van der Waals surface area contributed by atoms with E-state index in [1.165, 1.54) is 0 Å². The first-order valence-electron chi connectivity index (χ1n) is 5.05. The average molecular weight is 235 g/mol. The van der Waals surface area contributed by atoms with E-state index in [1.807, 2.05) is 0 Å². The average Bonchev–Trinajstić information content (AvgIpc) is 2.74. The maximum atomic E-state index is 5.78. The Kier molecular flexibility index (Phi) is 3.13. The number of methoxy groups -OCH3 is 1. The number of hydrogen-bond donors (Lipinski definition) is 1. The Labute approximate surface area is 98.3 Å². The largest absolute Gasteiger partial charge is 0.497 e. The number of aryl methyl sites for hydroxylation is 1. The van der Waals surface area contributed by atoms with E-state index >= 15 is 0 Å². The Balaban J connectivity index is 2.11. The van der Waals surface area contributed by atoms with Gasteiger partial charge in [0.05, 0.1) is 12.8 Å². The van der Waals surface area contributed by atoms with E-state index in [-0.39, 0.29) is 6.61 Å². The third-order valence-corrected chi connectivity index (χ3v) is 2.33. The van der Waals surface area contributed by atoms with Crippen LogP contribution in [-0.2, 0) is 6.61 Å². The molecule has 0 amide bonds. The number of hydrogen-bond acceptors (Lipinski definition) is 6. The number of anilines is 1. The molecule has 17 heavy (non-hydrogen) atoms. The SMILES string of the molecule is COc1ccc(N)c(OCc2nonc2C)c1. The van der Waals surface area contributed by atoms with Crippen LogP contribution < -0.4 is 15.2 Å². The zero-order valence-electron chi connectivity index (χ0n) is 9.64. The summed E-state index contributed by atoms with van der Waals surface area (Å²) in [6.45, 7) is 2.05. The molecular formula is C11H13N3O3. The highest BCUT2D eigenvalue weighted by Gasteiger charge is 2.08. The Bertz CT molecular complexity index is 510. The third kappa shape index (κ3) is 2.47. The summed E-state index contributed by atoms with van der Waals surface area (Å²) in [6, 6.07) is 5.21. The van der Waals surface area contributed by atoms with Crippen LogP contribution in [0, 0.1) is 6.92 Å². The molecule has 1 heterocycles. The lowest BCUT2D eigenvalue weighted by molar-refractivity contribution is 0.270. The molecule has 2 N–H and O–H groups in total. The Morgan fingerprint density at radius 3 is 2.82 bits per heavy atom. The van der Waals surface area contributed by atoms with Crippen LogP contribution in [0.2, 0.25) is 0 Å². The van der Waals surface area contributed by atoms with Crippen molar-refractivity contribution >= 4 is 5.69 Å². The minimum absolute atomic E-state index is 0.257. The minimum Gasteiger partial charge on any atom is -0.497 e. The van der Waals surface area contributed by atoms with E-state index in [1.54, 1.807) is 32.2 Å². The molecule has 0 aliphatic carbocycles. The van der Waals surface area contributed by atoms with E-state index < -0.39 is 0 Å². The lowest BCUT2D eigenvalue weighted by Crippen LogP contribution is -2.00. The Morgan fingerprint density at radius 1 is 1.35 bits per heavy atom. The second kappa shape index (κ2) is 4.73. The highest BCUT2D eigenvalue weighted by molar-refractivity contribution is 5.55. The van der Waals surface area contributed by atoms with Crippen molar-refractivity contribution in [2.75, 3.05) is 12.8 Å².